The van der Waals surface area contributed by atoms with Crippen LogP contribution >= 0.6 is 0 Å². The molecule has 0 radical (unpaired) electrons. The van der Waals surface area contributed by atoms with Crippen LogP contribution < -0.4 is 10.6 Å². The molecule has 0 saturated carbocycles. The number of allylic oxidation sites excluding steroid dienone is 1. The Kier molecular flexibility index (Phi) is 9.16. The van der Waals surface area contributed by atoms with Gasteiger partial charge in [0.15, 0.2) is 0 Å². The maximum atomic E-state index is 3.45. The Labute approximate surface area is 102 Å². The van der Waals surface area contributed by atoms with E-state index in [0.29, 0.717) is 12.1 Å². The fourth-order valence-electron chi connectivity index (χ4n) is 1.60. The monoisotopic (exact) mass is 226 g/mol. The summed E-state index contributed by atoms with van der Waals surface area (Å²) >= 11 is 0. The molecule has 2 nitrogen and oxygen atoms in total. The van der Waals surface area contributed by atoms with Crippen molar-refractivity contribution >= 4 is 0 Å². The molecule has 0 spiro atoms. The van der Waals surface area contributed by atoms with Crippen molar-refractivity contribution in [3.8, 4) is 0 Å². The second kappa shape index (κ2) is 9.56. The standard InChI is InChI=1S/C14H30N2/c1-6-7-8-9-10-11-14(15-12(2)3)16-13(4)5/h11-13,15-16H,6-10H2,1-5H3. The molecule has 0 aromatic carbocycles. The first-order valence-corrected chi connectivity index (χ1v) is 6.79. The lowest BCUT2D eigenvalue weighted by Gasteiger charge is -2.18. The van der Waals surface area contributed by atoms with Crippen molar-refractivity contribution in [2.24, 2.45) is 0 Å². The van der Waals surface area contributed by atoms with Crippen LogP contribution in [0, 0.1) is 0 Å². The van der Waals surface area contributed by atoms with Gasteiger partial charge >= 0.3 is 0 Å². The van der Waals surface area contributed by atoms with Gasteiger partial charge in [0, 0.05) is 12.1 Å². The lowest BCUT2D eigenvalue weighted by molar-refractivity contribution is 0.560. The third kappa shape index (κ3) is 9.88. The molecule has 16 heavy (non-hydrogen) atoms. The minimum absolute atomic E-state index is 0.494. The molecule has 0 aliphatic heterocycles. The minimum atomic E-state index is 0.494. The van der Waals surface area contributed by atoms with E-state index in [0.717, 1.165) is 0 Å². The molecule has 0 saturated heterocycles. The molecule has 0 rings (SSSR count). The number of hydrogen-bond donors (Lipinski definition) is 2. The highest BCUT2D eigenvalue weighted by molar-refractivity contribution is 4.99. The van der Waals surface area contributed by atoms with Gasteiger partial charge in [-0.3, -0.25) is 0 Å². The Hall–Kier alpha value is -0.660. The van der Waals surface area contributed by atoms with Gasteiger partial charge in [0.25, 0.3) is 0 Å². The van der Waals surface area contributed by atoms with E-state index < -0.39 is 0 Å². The predicted octanol–water partition coefficient (Wildman–Crippen LogP) is 3.79. The van der Waals surface area contributed by atoms with Crippen molar-refractivity contribution < 1.29 is 0 Å². The zero-order valence-corrected chi connectivity index (χ0v) is 11.8. The second-order valence-electron chi connectivity index (χ2n) is 5.07. The predicted molar refractivity (Wildman–Crippen MR) is 73.4 cm³/mol. The Morgan fingerprint density at radius 3 is 1.94 bits per heavy atom. The Morgan fingerprint density at radius 1 is 0.938 bits per heavy atom. The van der Waals surface area contributed by atoms with Crippen LogP contribution in [0.5, 0.6) is 0 Å². The number of nitrogens with one attached hydrogen (secondary N) is 2. The summed E-state index contributed by atoms with van der Waals surface area (Å²) in [7, 11) is 0. The van der Waals surface area contributed by atoms with Crippen molar-refractivity contribution in [2.45, 2.75) is 78.8 Å². The molecule has 96 valence electrons. The average Bonchev–Trinajstić information content (AvgIpc) is 2.15. The van der Waals surface area contributed by atoms with Crippen LogP contribution in [0.2, 0.25) is 0 Å². The number of rotatable bonds is 9. The minimum Gasteiger partial charge on any atom is -0.370 e. The van der Waals surface area contributed by atoms with Crippen molar-refractivity contribution in [1.29, 1.82) is 0 Å². The van der Waals surface area contributed by atoms with Crippen LogP contribution in [0.4, 0.5) is 0 Å². The third-order valence-electron chi connectivity index (χ3n) is 2.29. The topological polar surface area (TPSA) is 24.1 Å². The van der Waals surface area contributed by atoms with Gasteiger partial charge in [-0.05, 0) is 46.6 Å². The van der Waals surface area contributed by atoms with Gasteiger partial charge in [0.05, 0.1) is 5.82 Å². The van der Waals surface area contributed by atoms with E-state index in [1.165, 1.54) is 37.9 Å². The molecule has 2 heteroatoms. The van der Waals surface area contributed by atoms with Crippen molar-refractivity contribution in [2.75, 3.05) is 0 Å². The van der Waals surface area contributed by atoms with Gasteiger partial charge in [0.1, 0.15) is 0 Å². The first-order chi connectivity index (χ1) is 7.56. The molecule has 0 unspecified atom stereocenters. The quantitative estimate of drug-likeness (QED) is 0.584. The van der Waals surface area contributed by atoms with Crippen molar-refractivity contribution in [1.82, 2.24) is 10.6 Å². The summed E-state index contributed by atoms with van der Waals surface area (Å²) in [5.41, 5.74) is 0. The van der Waals surface area contributed by atoms with Gasteiger partial charge in [-0.1, -0.05) is 26.2 Å². The van der Waals surface area contributed by atoms with E-state index in [9.17, 15) is 0 Å². The van der Waals surface area contributed by atoms with E-state index >= 15 is 0 Å². The van der Waals surface area contributed by atoms with Crippen LogP contribution in [-0.4, -0.2) is 12.1 Å². The zero-order valence-electron chi connectivity index (χ0n) is 11.8. The molecule has 0 fully saturated rings. The lowest BCUT2D eigenvalue weighted by atomic mass is 10.1. The zero-order chi connectivity index (χ0) is 12.4. The molecule has 0 amide bonds. The fraction of sp³-hybridized carbons (Fsp3) is 0.857. The van der Waals surface area contributed by atoms with Crippen LogP contribution in [-0.2, 0) is 0 Å². The first-order valence-electron chi connectivity index (χ1n) is 6.79. The summed E-state index contributed by atoms with van der Waals surface area (Å²) in [5.74, 6) is 1.20. The lowest BCUT2D eigenvalue weighted by Crippen LogP contribution is -2.34. The normalized spacial score (nSPS) is 10.7. The van der Waals surface area contributed by atoms with Gasteiger partial charge in [0.2, 0.25) is 0 Å². The van der Waals surface area contributed by atoms with Crippen LogP contribution in [0.1, 0.15) is 66.7 Å². The molecule has 0 aliphatic rings. The first kappa shape index (κ1) is 15.3. The summed E-state index contributed by atoms with van der Waals surface area (Å²) in [4.78, 5) is 0. The summed E-state index contributed by atoms with van der Waals surface area (Å²) < 4.78 is 0. The summed E-state index contributed by atoms with van der Waals surface area (Å²) in [5, 5.41) is 6.90. The van der Waals surface area contributed by atoms with E-state index in [1.54, 1.807) is 0 Å². The van der Waals surface area contributed by atoms with E-state index in [2.05, 4.69) is 51.3 Å². The molecule has 0 bridgehead atoms. The average molecular weight is 226 g/mol. The van der Waals surface area contributed by atoms with Crippen molar-refractivity contribution in [3.05, 3.63) is 11.9 Å². The maximum absolute atomic E-state index is 3.45. The van der Waals surface area contributed by atoms with Crippen molar-refractivity contribution in [3.63, 3.8) is 0 Å². The third-order valence-corrected chi connectivity index (χ3v) is 2.29. The van der Waals surface area contributed by atoms with E-state index in [1.807, 2.05) is 0 Å². The van der Waals surface area contributed by atoms with Gasteiger partial charge < -0.3 is 10.6 Å². The highest BCUT2D eigenvalue weighted by Crippen LogP contribution is 2.04. The molecule has 0 heterocycles. The molecule has 0 aromatic heterocycles. The molecule has 2 N–H and O–H groups in total. The summed E-state index contributed by atoms with van der Waals surface area (Å²) in [6, 6.07) is 0.987. The highest BCUT2D eigenvalue weighted by atomic mass is 15.1. The highest BCUT2D eigenvalue weighted by Gasteiger charge is 2.00. The van der Waals surface area contributed by atoms with Crippen LogP contribution in [0.25, 0.3) is 0 Å². The SMILES string of the molecule is CCCCCCC=C(NC(C)C)NC(C)C. The molecular formula is C14H30N2. The smallest absolute Gasteiger partial charge is 0.0949 e. The molecular weight excluding hydrogens is 196 g/mol. The Bertz CT molecular complexity index is 171. The van der Waals surface area contributed by atoms with E-state index in [4.69, 9.17) is 0 Å². The van der Waals surface area contributed by atoms with E-state index in [-0.39, 0.29) is 0 Å². The second-order valence-corrected chi connectivity index (χ2v) is 5.07. The number of hydrogen-bond acceptors (Lipinski definition) is 2. The summed E-state index contributed by atoms with van der Waals surface area (Å²) in [6.07, 6.45) is 8.80. The molecule has 0 atom stereocenters. The van der Waals surface area contributed by atoms with Crippen LogP contribution in [0.3, 0.4) is 0 Å². The fourth-order valence-corrected chi connectivity index (χ4v) is 1.60. The van der Waals surface area contributed by atoms with Crippen LogP contribution in [0.15, 0.2) is 11.9 Å². The summed E-state index contributed by atoms with van der Waals surface area (Å²) in [6.45, 7) is 10.9. The molecule has 0 aromatic rings. The number of unbranched alkanes of at least 4 members (excludes halogenated alkanes) is 4. The van der Waals surface area contributed by atoms with Gasteiger partial charge in [-0.15, -0.1) is 0 Å². The maximum Gasteiger partial charge on any atom is 0.0949 e. The largest absolute Gasteiger partial charge is 0.370 e. The Balaban J connectivity index is 3.91. The Morgan fingerprint density at radius 2 is 1.50 bits per heavy atom. The van der Waals surface area contributed by atoms with Gasteiger partial charge in [-0.25, -0.2) is 0 Å². The van der Waals surface area contributed by atoms with Gasteiger partial charge in [-0.2, -0.15) is 0 Å². The molecule has 0 aliphatic carbocycles.